The Balaban J connectivity index is 1.77. The van der Waals surface area contributed by atoms with Crippen LogP contribution in [0.4, 0.5) is 0 Å². The van der Waals surface area contributed by atoms with Gasteiger partial charge in [0.15, 0.2) is 0 Å². The maximum absolute atomic E-state index is 10.8. The predicted molar refractivity (Wildman–Crippen MR) is 83.3 cm³/mol. The third kappa shape index (κ3) is 1.76. The topological polar surface area (TPSA) is 73.0 Å². The van der Waals surface area contributed by atoms with Gasteiger partial charge in [0, 0.05) is 11.3 Å². The van der Waals surface area contributed by atoms with Crippen LogP contribution in [-0.4, -0.2) is 27.2 Å². The Kier molecular flexibility index (Phi) is 3.02. The summed E-state index contributed by atoms with van der Waals surface area (Å²) in [7, 11) is 0. The molecule has 5 atom stereocenters. The van der Waals surface area contributed by atoms with Crippen molar-refractivity contribution in [3.63, 3.8) is 0 Å². The van der Waals surface area contributed by atoms with Gasteiger partial charge in [0.2, 0.25) is 0 Å². The number of aliphatic hydroxyl groups is 1. The zero-order valence-corrected chi connectivity index (χ0v) is 12.9. The largest absolute Gasteiger partial charge is 0.508 e. The van der Waals surface area contributed by atoms with Gasteiger partial charge in [-0.1, -0.05) is 18.1 Å². The molecule has 0 spiro atoms. The average molecular weight is 301 g/mol. The molecule has 3 aliphatic rings. The number of phenols is 1. The van der Waals surface area contributed by atoms with Crippen LogP contribution in [-0.2, 0) is 6.42 Å². The van der Waals surface area contributed by atoms with Crippen molar-refractivity contribution in [1.82, 2.24) is 0 Å². The molecule has 3 aliphatic carbocycles. The van der Waals surface area contributed by atoms with Crippen molar-refractivity contribution in [3.8, 4) is 5.75 Å². The number of hydrogen-bond acceptors (Lipinski definition) is 4. The molecular formula is C18H23NO3. The fraction of sp³-hybridized carbons (Fsp3) is 0.611. The van der Waals surface area contributed by atoms with E-state index in [1.54, 1.807) is 6.07 Å². The fourth-order valence-electron chi connectivity index (χ4n) is 5.60. The Morgan fingerprint density at radius 3 is 2.82 bits per heavy atom. The van der Waals surface area contributed by atoms with Crippen molar-refractivity contribution in [1.29, 1.82) is 0 Å². The van der Waals surface area contributed by atoms with Crippen LogP contribution in [0.1, 0.15) is 49.7 Å². The molecule has 0 saturated heterocycles. The third-order valence-electron chi connectivity index (χ3n) is 6.55. The Labute approximate surface area is 130 Å². The maximum atomic E-state index is 10.8. The minimum atomic E-state index is -0.412. The first-order chi connectivity index (χ1) is 10.5. The summed E-state index contributed by atoms with van der Waals surface area (Å²) in [6.45, 7) is 2.16. The van der Waals surface area contributed by atoms with Crippen LogP contribution in [0.3, 0.4) is 0 Å². The summed E-state index contributed by atoms with van der Waals surface area (Å²) in [5.74, 6) is 1.38. The molecule has 1 aromatic rings. The van der Waals surface area contributed by atoms with Gasteiger partial charge in [0.05, 0.1) is 11.8 Å². The number of fused-ring (bicyclic) bond motifs is 5. The number of hydrogen-bond donors (Lipinski definition) is 3. The van der Waals surface area contributed by atoms with Gasteiger partial charge in [-0.3, -0.25) is 0 Å². The number of aryl methyl sites for hydroxylation is 1. The third-order valence-corrected chi connectivity index (χ3v) is 6.55. The summed E-state index contributed by atoms with van der Waals surface area (Å²) in [6, 6.07) is 5.57. The first-order valence-corrected chi connectivity index (χ1v) is 8.26. The quantitative estimate of drug-likeness (QED) is 0.509. The molecule has 0 aromatic heterocycles. The van der Waals surface area contributed by atoms with Gasteiger partial charge in [0.1, 0.15) is 5.75 Å². The van der Waals surface area contributed by atoms with Gasteiger partial charge in [0.25, 0.3) is 0 Å². The Morgan fingerprint density at radius 1 is 1.23 bits per heavy atom. The zero-order valence-electron chi connectivity index (χ0n) is 12.9. The lowest BCUT2D eigenvalue weighted by Crippen LogP contribution is -2.49. The molecule has 118 valence electrons. The van der Waals surface area contributed by atoms with Gasteiger partial charge in [-0.15, -0.1) is 0 Å². The van der Waals surface area contributed by atoms with Gasteiger partial charge in [-0.2, -0.15) is 0 Å². The summed E-state index contributed by atoms with van der Waals surface area (Å²) >= 11 is 0. The highest BCUT2D eigenvalue weighted by Gasteiger charge is 2.56. The lowest BCUT2D eigenvalue weighted by molar-refractivity contribution is -0.0158. The monoisotopic (exact) mass is 301 g/mol. The molecule has 0 aliphatic heterocycles. The van der Waals surface area contributed by atoms with E-state index in [2.05, 4.69) is 12.1 Å². The van der Waals surface area contributed by atoms with Gasteiger partial charge in [-0.05, 0) is 67.2 Å². The van der Waals surface area contributed by atoms with Crippen molar-refractivity contribution in [2.45, 2.75) is 51.0 Å². The summed E-state index contributed by atoms with van der Waals surface area (Å²) in [5.41, 5.74) is 3.09. The molecular weight excluding hydrogens is 278 g/mol. The van der Waals surface area contributed by atoms with Crippen LogP contribution < -0.4 is 0 Å². The number of oxime groups is 1. The lowest BCUT2D eigenvalue weighted by atomic mass is 9.54. The van der Waals surface area contributed by atoms with Crippen molar-refractivity contribution in [3.05, 3.63) is 29.3 Å². The zero-order chi connectivity index (χ0) is 15.5. The summed E-state index contributed by atoms with van der Waals surface area (Å²) in [6.07, 6.45) is 4.14. The van der Waals surface area contributed by atoms with E-state index < -0.39 is 6.10 Å². The summed E-state index contributed by atoms with van der Waals surface area (Å²) < 4.78 is 0. The Bertz CT molecular complexity index is 641. The molecule has 1 aromatic carbocycles. The average Bonchev–Trinajstić information content (AvgIpc) is 2.82. The highest BCUT2D eigenvalue weighted by Crippen LogP contribution is 2.59. The minimum absolute atomic E-state index is 0.153. The summed E-state index contributed by atoms with van der Waals surface area (Å²) in [4.78, 5) is 0. The van der Waals surface area contributed by atoms with Crippen LogP contribution in [0.2, 0.25) is 0 Å². The van der Waals surface area contributed by atoms with E-state index in [0.29, 0.717) is 24.0 Å². The number of aromatic hydroxyl groups is 1. The molecule has 4 nitrogen and oxygen atoms in total. The van der Waals surface area contributed by atoms with Crippen LogP contribution in [0, 0.1) is 17.3 Å². The van der Waals surface area contributed by atoms with Crippen LogP contribution in [0.5, 0.6) is 5.75 Å². The van der Waals surface area contributed by atoms with Crippen molar-refractivity contribution in [2.75, 3.05) is 0 Å². The molecule has 0 bridgehead atoms. The van der Waals surface area contributed by atoms with E-state index in [1.807, 2.05) is 12.1 Å². The van der Waals surface area contributed by atoms with E-state index in [1.165, 1.54) is 11.1 Å². The summed E-state index contributed by atoms with van der Waals surface area (Å²) in [5, 5.41) is 33.4. The van der Waals surface area contributed by atoms with Crippen LogP contribution >= 0.6 is 0 Å². The minimum Gasteiger partial charge on any atom is -0.508 e. The molecule has 0 heterocycles. The molecule has 0 radical (unpaired) electrons. The molecule has 3 N–H and O–H groups in total. The number of rotatable bonds is 0. The van der Waals surface area contributed by atoms with E-state index in [9.17, 15) is 15.4 Å². The SMILES string of the molecule is C[C@]12C[C@@H](O)[C@@H]3c4ccc(O)cc4CC[C@H]3[C@@H]1CCC2=NO. The number of benzene rings is 1. The molecule has 2 fully saturated rings. The predicted octanol–water partition coefficient (Wildman–Crippen LogP) is 3.05. The van der Waals surface area contributed by atoms with E-state index in [4.69, 9.17) is 0 Å². The second-order valence-electron chi connectivity index (χ2n) is 7.49. The van der Waals surface area contributed by atoms with E-state index in [0.717, 1.165) is 31.4 Å². The van der Waals surface area contributed by atoms with Crippen LogP contribution in [0.15, 0.2) is 23.4 Å². The standard InChI is InChI=1S/C18H23NO3/c1-18-9-15(21)17-12-5-3-11(20)8-10(12)2-4-13(17)14(18)6-7-16(18)19-22/h3,5,8,13-15,17,20-22H,2,4,6-7,9H2,1H3/t13-,14-,15+,17+,18-/m0/s1. The fourth-order valence-corrected chi connectivity index (χ4v) is 5.60. The normalized spacial score (nSPS) is 41.8. The Hall–Kier alpha value is -1.55. The first-order valence-electron chi connectivity index (χ1n) is 8.26. The Morgan fingerprint density at radius 2 is 2.05 bits per heavy atom. The van der Waals surface area contributed by atoms with Gasteiger partial charge >= 0.3 is 0 Å². The van der Waals surface area contributed by atoms with Crippen molar-refractivity contribution >= 4 is 5.71 Å². The second-order valence-corrected chi connectivity index (χ2v) is 7.49. The number of phenolic OH excluding ortho intramolecular Hbond substituents is 1. The molecule has 0 amide bonds. The van der Waals surface area contributed by atoms with E-state index in [-0.39, 0.29) is 11.3 Å². The molecule has 4 rings (SSSR count). The maximum Gasteiger partial charge on any atom is 0.115 e. The molecule has 4 heteroatoms. The van der Waals surface area contributed by atoms with Crippen molar-refractivity contribution < 1.29 is 15.4 Å². The molecule has 2 saturated carbocycles. The highest BCUT2D eigenvalue weighted by atomic mass is 16.4. The van der Waals surface area contributed by atoms with Gasteiger partial charge in [-0.25, -0.2) is 0 Å². The number of nitrogens with zero attached hydrogens (tertiary/aromatic N) is 1. The first kappa shape index (κ1) is 14.1. The molecule has 22 heavy (non-hydrogen) atoms. The van der Waals surface area contributed by atoms with Crippen LogP contribution in [0.25, 0.3) is 0 Å². The smallest absolute Gasteiger partial charge is 0.115 e. The number of aliphatic hydroxyl groups excluding tert-OH is 1. The van der Waals surface area contributed by atoms with Crippen molar-refractivity contribution in [2.24, 2.45) is 22.4 Å². The molecule has 0 unspecified atom stereocenters. The second kappa shape index (κ2) is 4.72. The van der Waals surface area contributed by atoms with Gasteiger partial charge < -0.3 is 15.4 Å². The van der Waals surface area contributed by atoms with E-state index >= 15 is 0 Å². The lowest BCUT2D eigenvalue weighted by Gasteiger charge is -2.51. The highest BCUT2D eigenvalue weighted by molar-refractivity contribution is 5.92.